The molecule has 0 aliphatic rings. The fourth-order valence-electron chi connectivity index (χ4n) is 2.67. The van der Waals surface area contributed by atoms with E-state index in [1.165, 1.54) is 49.4 Å². The van der Waals surface area contributed by atoms with Crippen molar-refractivity contribution in [1.82, 2.24) is 5.32 Å². The SMILES string of the molecule is C[C@H](NC(=O)c1ccc(-c2ccccc2F)o1)[C@@H](O)c1c(F)cccc1Cl. The number of benzene rings is 2. The van der Waals surface area contributed by atoms with Crippen LogP contribution >= 0.6 is 11.6 Å². The van der Waals surface area contributed by atoms with E-state index in [0.717, 1.165) is 0 Å². The van der Waals surface area contributed by atoms with Gasteiger partial charge in [-0.25, -0.2) is 8.78 Å². The molecule has 2 N–H and O–H groups in total. The number of carbonyl (C=O) groups excluding carboxylic acids is 1. The highest BCUT2D eigenvalue weighted by Crippen LogP contribution is 2.28. The van der Waals surface area contributed by atoms with Crippen LogP contribution in [-0.2, 0) is 0 Å². The summed E-state index contributed by atoms with van der Waals surface area (Å²) in [6.07, 6.45) is -1.36. The highest BCUT2D eigenvalue weighted by molar-refractivity contribution is 6.31. The molecule has 0 bridgehead atoms. The van der Waals surface area contributed by atoms with E-state index in [0.29, 0.717) is 0 Å². The van der Waals surface area contributed by atoms with E-state index in [-0.39, 0.29) is 27.7 Å². The number of hydrogen-bond donors (Lipinski definition) is 2. The van der Waals surface area contributed by atoms with Crippen LogP contribution in [0, 0.1) is 11.6 Å². The standard InChI is InChI=1S/C20H16ClF2NO3/c1-11(19(25)18-13(21)6-4-8-15(18)23)24-20(26)17-10-9-16(27-17)12-5-2-3-7-14(12)22/h2-11,19,25H,1H3,(H,24,26)/t11-,19+/m0/s1. The molecular formula is C20H16ClF2NO3. The van der Waals surface area contributed by atoms with E-state index in [1.54, 1.807) is 12.1 Å². The minimum Gasteiger partial charge on any atom is -0.451 e. The van der Waals surface area contributed by atoms with Crippen molar-refractivity contribution in [1.29, 1.82) is 0 Å². The average molecular weight is 392 g/mol. The van der Waals surface area contributed by atoms with Crippen LogP contribution in [0.5, 0.6) is 0 Å². The van der Waals surface area contributed by atoms with Gasteiger partial charge in [-0.1, -0.05) is 29.8 Å². The van der Waals surface area contributed by atoms with Crippen molar-refractivity contribution in [2.24, 2.45) is 0 Å². The van der Waals surface area contributed by atoms with Gasteiger partial charge in [0.1, 0.15) is 23.5 Å². The fourth-order valence-corrected chi connectivity index (χ4v) is 2.94. The third-order valence-electron chi connectivity index (χ3n) is 4.10. The molecule has 3 aromatic rings. The van der Waals surface area contributed by atoms with Crippen LogP contribution < -0.4 is 5.32 Å². The fraction of sp³-hybridized carbons (Fsp3) is 0.150. The molecule has 0 spiro atoms. The summed E-state index contributed by atoms with van der Waals surface area (Å²) in [5.74, 6) is -1.64. The molecule has 140 valence electrons. The second kappa shape index (κ2) is 7.90. The summed E-state index contributed by atoms with van der Waals surface area (Å²) in [6, 6.07) is 12.1. The number of rotatable bonds is 5. The zero-order valence-electron chi connectivity index (χ0n) is 14.2. The van der Waals surface area contributed by atoms with E-state index >= 15 is 0 Å². The highest BCUT2D eigenvalue weighted by atomic mass is 35.5. The van der Waals surface area contributed by atoms with Crippen molar-refractivity contribution >= 4 is 17.5 Å². The maximum atomic E-state index is 13.9. The van der Waals surface area contributed by atoms with Crippen LogP contribution in [0.2, 0.25) is 5.02 Å². The van der Waals surface area contributed by atoms with E-state index in [2.05, 4.69) is 5.32 Å². The zero-order valence-corrected chi connectivity index (χ0v) is 15.0. The first-order chi connectivity index (χ1) is 12.9. The molecule has 4 nitrogen and oxygen atoms in total. The summed E-state index contributed by atoms with van der Waals surface area (Å²) in [6.45, 7) is 1.51. The molecule has 3 rings (SSSR count). The largest absolute Gasteiger partial charge is 0.451 e. The Balaban J connectivity index is 1.75. The lowest BCUT2D eigenvalue weighted by molar-refractivity contribution is 0.0821. The predicted octanol–water partition coefficient (Wildman–Crippen LogP) is 4.73. The molecule has 0 radical (unpaired) electrons. The Labute approximate surface area is 159 Å². The summed E-state index contributed by atoms with van der Waals surface area (Å²) >= 11 is 5.94. The molecule has 0 aliphatic carbocycles. The monoisotopic (exact) mass is 391 g/mol. The van der Waals surface area contributed by atoms with E-state index in [1.807, 2.05) is 0 Å². The summed E-state index contributed by atoms with van der Waals surface area (Å²) in [7, 11) is 0. The molecule has 0 fully saturated rings. The number of carbonyl (C=O) groups is 1. The Morgan fingerprint density at radius 2 is 1.78 bits per heavy atom. The minimum absolute atomic E-state index is 0.0587. The number of aliphatic hydroxyl groups is 1. The first-order valence-electron chi connectivity index (χ1n) is 8.16. The highest BCUT2D eigenvalue weighted by Gasteiger charge is 2.25. The minimum atomic E-state index is -1.36. The Kier molecular flexibility index (Phi) is 5.58. The van der Waals surface area contributed by atoms with Gasteiger partial charge in [-0.2, -0.15) is 0 Å². The van der Waals surface area contributed by atoms with E-state index in [9.17, 15) is 18.7 Å². The van der Waals surface area contributed by atoms with E-state index in [4.69, 9.17) is 16.0 Å². The molecule has 7 heteroatoms. The Bertz CT molecular complexity index is 953. The van der Waals surface area contributed by atoms with Crippen LogP contribution in [0.3, 0.4) is 0 Å². The van der Waals surface area contributed by atoms with Crippen molar-refractivity contribution in [3.8, 4) is 11.3 Å². The maximum Gasteiger partial charge on any atom is 0.287 e. The molecule has 0 unspecified atom stereocenters. The van der Waals surface area contributed by atoms with Gasteiger partial charge in [0, 0.05) is 10.6 Å². The molecule has 2 atom stereocenters. The van der Waals surface area contributed by atoms with Gasteiger partial charge in [0.25, 0.3) is 5.91 Å². The van der Waals surface area contributed by atoms with Gasteiger partial charge in [0.05, 0.1) is 11.6 Å². The average Bonchev–Trinajstić information content (AvgIpc) is 3.11. The van der Waals surface area contributed by atoms with Crippen LogP contribution in [0.25, 0.3) is 11.3 Å². The Morgan fingerprint density at radius 1 is 1.07 bits per heavy atom. The molecule has 2 aromatic carbocycles. The third-order valence-corrected chi connectivity index (χ3v) is 4.43. The summed E-state index contributed by atoms with van der Waals surface area (Å²) in [5, 5.41) is 12.9. The van der Waals surface area contributed by atoms with Crippen LogP contribution in [0.1, 0.15) is 29.1 Å². The Hall–Kier alpha value is -2.70. The zero-order chi connectivity index (χ0) is 19.6. The topological polar surface area (TPSA) is 62.5 Å². The lowest BCUT2D eigenvalue weighted by atomic mass is 10.0. The number of aliphatic hydroxyl groups excluding tert-OH is 1. The summed E-state index contributed by atoms with van der Waals surface area (Å²) in [5.41, 5.74) is 0.126. The Morgan fingerprint density at radius 3 is 2.48 bits per heavy atom. The molecule has 1 aromatic heterocycles. The van der Waals surface area contributed by atoms with Crippen molar-refractivity contribution in [2.75, 3.05) is 0 Å². The van der Waals surface area contributed by atoms with E-state index < -0.39 is 29.7 Å². The molecular weight excluding hydrogens is 376 g/mol. The van der Waals surface area contributed by atoms with Crippen molar-refractivity contribution in [2.45, 2.75) is 19.1 Å². The molecule has 27 heavy (non-hydrogen) atoms. The maximum absolute atomic E-state index is 13.9. The molecule has 0 aliphatic heterocycles. The van der Waals surface area contributed by atoms with Crippen LogP contribution in [-0.4, -0.2) is 17.1 Å². The first kappa shape index (κ1) is 19.1. The second-order valence-corrected chi connectivity index (χ2v) is 6.39. The van der Waals surface area contributed by atoms with Crippen LogP contribution in [0.4, 0.5) is 8.78 Å². The molecule has 1 heterocycles. The van der Waals surface area contributed by atoms with Crippen LogP contribution in [0.15, 0.2) is 59.0 Å². The van der Waals surface area contributed by atoms with Crippen molar-refractivity contribution in [3.05, 3.63) is 82.6 Å². The number of halogens is 3. The van der Waals surface area contributed by atoms with Gasteiger partial charge in [-0.05, 0) is 43.3 Å². The van der Waals surface area contributed by atoms with Gasteiger partial charge in [0.15, 0.2) is 5.76 Å². The van der Waals surface area contributed by atoms with Gasteiger partial charge < -0.3 is 14.8 Å². The number of nitrogens with one attached hydrogen (secondary N) is 1. The number of hydrogen-bond acceptors (Lipinski definition) is 3. The number of furan rings is 1. The molecule has 1 amide bonds. The van der Waals surface area contributed by atoms with Gasteiger partial charge in [0.2, 0.25) is 0 Å². The smallest absolute Gasteiger partial charge is 0.287 e. The first-order valence-corrected chi connectivity index (χ1v) is 8.54. The van der Waals surface area contributed by atoms with Gasteiger partial charge in [-0.3, -0.25) is 4.79 Å². The number of amides is 1. The summed E-state index contributed by atoms with van der Waals surface area (Å²) < 4.78 is 33.2. The molecule has 0 saturated carbocycles. The van der Waals surface area contributed by atoms with Gasteiger partial charge in [-0.15, -0.1) is 0 Å². The van der Waals surface area contributed by atoms with Gasteiger partial charge >= 0.3 is 0 Å². The van der Waals surface area contributed by atoms with Crippen molar-refractivity contribution in [3.63, 3.8) is 0 Å². The van der Waals surface area contributed by atoms with Crippen molar-refractivity contribution < 1.29 is 23.1 Å². The summed E-state index contributed by atoms with van der Waals surface area (Å²) in [4.78, 5) is 12.4. The lowest BCUT2D eigenvalue weighted by Gasteiger charge is -2.21. The normalized spacial score (nSPS) is 13.2. The molecule has 0 saturated heterocycles. The predicted molar refractivity (Wildman–Crippen MR) is 97.4 cm³/mol. The second-order valence-electron chi connectivity index (χ2n) is 5.99. The quantitative estimate of drug-likeness (QED) is 0.661. The third kappa shape index (κ3) is 4.02. The lowest BCUT2D eigenvalue weighted by Crippen LogP contribution is -2.37.